The highest BCUT2D eigenvalue weighted by atomic mass is 127. The van der Waals surface area contributed by atoms with Crippen LogP contribution in [0.25, 0.3) is 0 Å². The average Bonchev–Trinajstić information content (AvgIpc) is 2.98. The van der Waals surface area contributed by atoms with Crippen LogP contribution < -0.4 is 15.4 Å². The fraction of sp³-hybridized carbons (Fsp3) is 0.615. The van der Waals surface area contributed by atoms with Gasteiger partial charge in [0.25, 0.3) is 0 Å². The molecule has 0 saturated carbocycles. The van der Waals surface area contributed by atoms with Crippen LogP contribution in [-0.2, 0) is 16.6 Å². The van der Waals surface area contributed by atoms with Crippen molar-refractivity contribution >= 4 is 40.0 Å². The molecule has 3 N–H and O–H groups in total. The molecule has 1 rings (SSSR count). The summed E-state index contributed by atoms with van der Waals surface area (Å²) in [6.45, 7) is 4.36. The zero-order valence-corrected chi connectivity index (χ0v) is 16.2. The van der Waals surface area contributed by atoms with Crippen LogP contribution in [0.3, 0.4) is 0 Å². The van der Waals surface area contributed by atoms with Gasteiger partial charge in [-0.2, -0.15) is 0 Å². The van der Waals surface area contributed by atoms with Crippen LogP contribution >= 0.6 is 24.0 Å². The molecule has 0 aliphatic heterocycles. The summed E-state index contributed by atoms with van der Waals surface area (Å²) in [6, 6.07) is 3.98. The van der Waals surface area contributed by atoms with Crippen LogP contribution in [0.1, 0.15) is 13.3 Å². The molecule has 0 saturated heterocycles. The van der Waals surface area contributed by atoms with E-state index in [1.807, 2.05) is 24.5 Å². The molecule has 9 heteroatoms. The second-order valence-electron chi connectivity index (χ2n) is 4.50. The van der Waals surface area contributed by atoms with Gasteiger partial charge in [0.1, 0.15) is 0 Å². The van der Waals surface area contributed by atoms with Crippen molar-refractivity contribution in [3.8, 4) is 0 Å². The largest absolute Gasteiger partial charge is 0.356 e. The van der Waals surface area contributed by atoms with Crippen molar-refractivity contribution in [3.05, 3.63) is 24.5 Å². The summed E-state index contributed by atoms with van der Waals surface area (Å²) >= 11 is 0. The van der Waals surface area contributed by atoms with Crippen molar-refractivity contribution < 1.29 is 8.42 Å². The van der Waals surface area contributed by atoms with Gasteiger partial charge in [-0.25, -0.2) is 13.1 Å². The highest BCUT2D eigenvalue weighted by Crippen LogP contribution is 1.88. The topological polar surface area (TPSA) is 87.5 Å². The molecule has 1 aromatic rings. The van der Waals surface area contributed by atoms with Crippen molar-refractivity contribution in [2.75, 3.05) is 32.4 Å². The monoisotopic (exact) mass is 443 g/mol. The van der Waals surface area contributed by atoms with E-state index in [1.54, 1.807) is 14.0 Å². The van der Waals surface area contributed by atoms with E-state index >= 15 is 0 Å². The van der Waals surface area contributed by atoms with Crippen LogP contribution in [0, 0.1) is 0 Å². The van der Waals surface area contributed by atoms with E-state index in [9.17, 15) is 8.42 Å². The lowest BCUT2D eigenvalue weighted by molar-refractivity contribution is 0.579. The smallest absolute Gasteiger partial charge is 0.211 e. The molecule has 0 radical (unpaired) electrons. The Morgan fingerprint density at radius 2 is 1.77 bits per heavy atom. The first-order valence-electron chi connectivity index (χ1n) is 7.10. The number of aromatic nitrogens is 1. The third kappa shape index (κ3) is 9.26. The van der Waals surface area contributed by atoms with E-state index in [0.29, 0.717) is 19.5 Å². The zero-order valence-electron chi connectivity index (χ0n) is 13.1. The minimum Gasteiger partial charge on any atom is -0.356 e. The number of nitrogens with one attached hydrogen (secondary N) is 3. The fourth-order valence-electron chi connectivity index (χ4n) is 1.67. The first-order valence-corrected chi connectivity index (χ1v) is 8.75. The Balaban J connectivity index is 0.00000441. The number of hydrogen-bond acceptors (Lipinski definition) is 3. The van der Waals surface area contributed by atoms with Gasteiger partial charge >= 0.3 is 0 Å². The normalized spacial score (nSPS) is 11.8. The maximum absolute atomic E-state index is 11.2. The highest BCUT2D eigenvalue weighted by molar-refractivity contribution is 14.0. The lowest BCUT2D eigenvalue weighted by atomic mass is 10.4. The third-order valence-electron chi connectivity index (χ3n) is 2.90. The van der Waals surface area contributed by atoms with Crippen LogP contribution in [0.5, 0.6) is 0 Å². The zero-order chi connectivity index (χ0) is 15.6. The molecule has 7 nitrogen and oxygen atoms in total. The number of guanidine groups is 1. The second-order valence-corrected chi connectivity index (χ2v) is 6.59. The fourth-order valence-corrected chi connectivity index (χ4v) is 2.33. The van der Waals surface area contributed by atoms with Gasteiger partial charge in [0.15, 0.2) is 5.96 Å². The van der Waals surface area contributed by atoms with Gasteiger partial charge in [0.05, 0.1) is 5.75 Å². The molecule has 1 heterocycles. The summed E-state index contributed by atoms with van der Waals surface area (Å²) in [5.74, 6) is 0.837. The molecule has 0 bridgehead atoms. The molecule has 0 fully saturated rings. The SMILES string of the molecule is CCS(=O)(=O)NCCCNC(=NC)NCCn1cccc1.I. The minimum absolute atomic E-state index is 0. The molecule has 0 aliphatic carbocycles. The van der Waals surface area contributed by atoms with Crippen molar-refractivity contribution in [3.63, 3.8) is 0 Å². The van der Waals surface area contributed by atoms with E-state index in [2.05, 4.69) is 24.9 Å². The summed E-state index contributed by atoms with van der Waals surface area (Å²) in [5.41, 5.74) is 0. The average molecular weight is 443 g/mol. The van der Waals surface area contributed by atoms with Gasteiger partial charge in [-0.15, -0.1) is 24.0 Å². The first-order chi connectivity index (χ1) is 10.1. The molecule has 0 atom stereocenters. The number of hydrogen-bond donors (Lipinski definition) is 3. The van der Waals surface area contributed by atoms with Gasteiger partial charge in [0, 0.05) is 45.6 Å². The molecular formula is C13H26IN5O2S. The molecule has 0 amide bonds. The van der Waals surface area contributed by atoms with Gasteiger partial charge in [0.2, 0.25) is 10.0 Å². The predicted octanol–water partition coefficient (Wildman–Crippen LogP) is 0.601. The van der Waals surface area contributed by atoms with Crippen LogP contribution in [0.2, 0.25) is 0 Å². The summed E-state index contributed by atoms with van der Waals surface area (Å²) in [4.78, 5) is 4.12. The Kier molecular flexibility index (Phi) is 11.3. The van der Waals surface area contributed by atoms with Crippen LogP contribution in [0.15, 0.2) is 29.5 Å². The number of rotatable bonds is 9. The standard InChI is InChI=1S/C13H25N5O2S.HI/c1-3-21(19,20)17-8-6-7-15-13(14-2)16-9-12-18-10-4-5-11-18;/h4-5,10-11,17H,3,6-9,12H2,1-2H3,(H2,14,15,16);1H. The summed E-state index contributed by atoms with van der Waals surface area (Å²) in [5, 5.41) is 6.35. The molecule has 0 aromatic carbocycles. The quantitative estimate of drug-likeness (QED) is 0.226. The van der Waals surface area contributed by atoms with E-state index in [0.717, 1.165) is 19.0 Å². The maximum atomic E-state index is 11.2. The minimum atomic E-state index is -3.09. The number of sulfonamides is 1. The highest BCUT2D eigenvalue weighted by Gasteiger charge is 2.04. The Labute approximate surface area is 150 Å². The molecule has 22 heavy (non-hydrogen) atoms. The first kappa shape index (κ1) is 21.2. The van der Waals surface area contributed by atoms with E-state index in [4.69, 9.17) is 0 Å². The van der Waals surface area contributed by atoms with E-state index in [-0.39, 0.29) is 29.7 Å². The molecule has 0 spiro atoms. The predicted molar refractivity (Wildman–Crippen MR) is 101 cm³/mol. The van der Waals surface area contributed by atoms with Crippen LogP contribution in [0.4, 0.5) is 0 Å². The Morgan fingerprint density at radius 3 is 2.36 bits per heavy atom. The van der Waals surface area contributed by atoms with Crippen molar-refractivity contribution in [2.45, 2.75) is 19.9 Å². The Hall–Kier alpha value is -0.810. The van der Waals surface area contributed by atoms with Crippen molar-refractivity contribution in [2.24, 2.45) is 4.99 Å². The molecule has 0 aliphatic rings. The number of aliphatic imine (C=N–C) groups is 1. The summed E-state index contributed by atoms with van der Waals surface area (Å²) in [7, 11) is -1.38. The van der Waals surface area contributed by atoms with Gasteiger partial charge in [-0.1, -0.05) is 0 Å². The van der Waals surface area contributed by atoms with E-state index in [1.165, 1.54) is 0 Å². The lowest BCUT2D eigenvalue weighted by Crippen LogP contribution is -2.40. The number of halogens is 1. The second kappa shape index (κ2) is 11.7. The van der Waals surface area contributed by atoms with Crippen molar-refractivity contribution in [1.82, 2.24) is 19.9 Å². The molecule has 0 unspecified atom stereocenters. The molecule has 1 aromatic heterocycles. The Bertz CT molecular complexity index is 517. The van der Waals surface area contributed by atoms with Gasteiger partial charge in [-0.05, 0) is 25.5 Å². The Morgan fingerprint density at radius 1 is 1.14 bits per heavy atom. The van der Waals surface area contributed by atoms with Crippen molar-refractivity contribution in [1.29, 1.82) is 0 Å². The molecule has 128 valence electrons. The number of nitrogens with zero attached hydrogens (tertiary/aromatic N) is 2. The third-order valence-corrected chi connectivity index (χ3v) is 4.30. The maximum Gasteiger partial charge on any atom is 0.211 e. The summed E-state index contributed by atoms with van der Waals surface area (Å²) in [6.07, 6.45) is 4.73. The lowest BCUT2D eigenvalue weighted by Gasteiger charge is -2.12. The molecular weight excluding hydrogens is 417 g/mol. The summed E-state index contributed by atoms with van der Waals surface area (Å²) < 4.78 is 27.1. The van der Waals surface area contributed by atoms with E-state index < -0.39 is 10.0 Å². The van der Waals surface area contributed by atoms with Gasteiger partial charge < -0.3 is 15.2 Å². The van der Waals surface area contributed by atoms with Crippen LogP contribution in [-0.4, -0.2) is 51.4 Å². The van der Waals surface area contributed by atoms with Gasteiger partial charge in [-0.3, -0.25) is 4.99 Å².